The van der Waals surface area contributed by atoms with E-state index in [2.05, 4.69) is 9.97 Å². The number of esters is 1. The first-order valence-corrected chi connectivity index (χ1v) is 8.34. The van der Waals surface area contributed by atoms with Gasteiger partial charge in [-0.1, -0.05) is 42.1 Å². The van der Waals surface area contributed by atoms with E-state index in [1.54, 1.807) is 6.07 Å². The van der Waals surface area contributed by atoms with E-state index in [4.69, 9.17) is 9.15 Å². The number of aromatic nitrogens is 2. The van der Waals surface area contributed by atoms with Crippen molar-refractivity contribution in [2.24, 2.45) is 0 Å². The van der Waals surface area contributed by atoms with Crippen LogP contribution in [0.15, 0.2) is 58.3 Å². The number of benzene rings is 1. The molecule has 0 unspecified atom stereocenters. The number of methoxy groups -OCH3 is 1. The fourth-order valence-electron chi connectivity index (χ4n) is 2.24. The second-order valence-electron chi connectivity index (χ2n) is 5.08. The average Bonchev–Trinajstić information content (AvgIpc) is 3.08. The molecule has 0 saturated heterocycles. The number of hydrogen-bond acceptors (Lipinski definition) is 6. The van der Waals surface area contributed by atoms with Crippen LogP contribution in [0.3, 0.4) is 0 Å². The third kappa shape index (κ3) is 3.65. The summed E-state index contributed by atoms with van der Waals surface area (Å²) in [5.74, 6) is 0.600. The second kappa shape index (κ2) is 7.31. The number of carbonyl (C=O) groups excluding carboxylic acids is 1. The van der Waals surface area contributed by atoms with Crippen LogP contribution in [0.4, 0.5) is 0 Å². The summed E-state index contributed by atoms with van der Waals surface area (Å²) in [6.45, 7) is 1.94. The van der Waals surface area contributed by atoms with Crippen molar-refractivity contribution in [2.75, 3.05) is 7.11 Å². The quantitative estimate of drug-likeness (QED) is 0.395. The smallest absolute Gasteiger partial charge is 0.341 e. The standard InChI is InChI=1S/C18H16N2O3S/c1-12-10-15(13-6-4-3-5-7-13)20-18(19-12)24-11-16-14(8-9-23-16)17(21)22-2/h3-10H,11H2,1-2H3. The lowest BCUT2D eigenvalue weighted by molar-refractivity contribution is 0.0598. The lowest BCUT2D eigenvalue weighted by Crippen LogP contribution is -2.02. The molecule has 0 aliphatic carbocycles. The summed E-state index contributed by atoms with van der Waals surface area (Å²) in [7, 11) is 1.35. The van der Waals surface area contributed by atoms with Crippen molar-refractivity contribution in [1.29, 1.82) is 0 Å². The number of aryl methyl sites for hydroxylation is 1. The van der Waals surface area contributed by atoms with Gasteiger partial charge in [0.25, 0.3) is 0 Å². The molecule has 0 aliphatic heterocycles. The molecule has 1 aromatic carbocycles. The molecule has 6 heteroatoms. The maximum absolute atomic E-state index is 11.7. The van der Waals surface area contributed by atoms with Gasteiger partial charge < -0.3 is 9.15 Å². The summed E-state index contributed by atoms with van der Waals surface area (Å²) in [4.78, 5) is 20.7. The first-order valence-electron chi connectivity index (χ1n) is 7.36. The van der Waals surface area contributed by atoms with Crippen LogP contribution in [0.25, 0.3) is 11.3 Å². The highest BCUT2D eigenvalue weighted by Gasteiger charge is 2.16. The van der Waals surface area contributed by atoms with Crippen molar-refractivity contribution in [3.63, 3.8) is 0 Å². The van der Waals surface area contributed by atoms with E-state index in [0.717, 1.165) is 17.0 Å². The molecule has 5 nitrogen and oxygen atoms in total. The highest BCUT2D eigenvalue weighted by Crippen LogP contribution is 2.26. The molecule has 3 rings (SSSR count). The number of nitrogens with zero attached hydrogens (tertiary/aromatic N) is 2. The summed E-state index contributed by atoms with van der Waals surface area (Å²) in [6.07, 6.45) is 1.48. The Bertz CT molecular complexity index is 846. The fraction of sp³-hybridized carbons (Fsp3) is 0.167. The normalized spacial score (nSPS) is 10.6. The van der Waals surface area contributed by atoms with E-state index in [1.165, 1.54) is 25.1 Å². The van der Waals surface area contributed by atoms with Crippen molar-refractivity contribution in [3.05, 3.63) is 65.7 Å². The van der Waals surface area contributed by atoms with Crippen LogP contribution in [0.5, 0.6) is 0 Å². The van der Waals surface area contributed by atoms with Crippen LogP contribution in [-0.4, -0.2) is 23.0 Å². The van der Waals surface area contributed by atoms with Crippen LogP contribution < -0.4 is 0 Å². The minimum absolute atomic E-state index is 0.408. The highest BCUT2D eigenvalue weighted by atomic mass is 32.2. The number of ether oxygens (including phenoxy) is 1. The second-order valence-corrected chi connectivity index (χ2v) is 6.02. The van der Waals surface area contributed by atoms with Gasteiger partial charge in [-0.3, -0.25) is 0 Å². The zero-order chi connectivity index (χ0) is 16.9. The molecule has 0 saturated carbocycles. The van der Waals surface area contributed by atoms with Crippen LogP contribution >= 0.6 is 11.8 Å². The van der Waals surface area contributed by atoms with Gasteiger partial charge in [-0.05, 0) is 19.1 Å². The maximum Gasteiger partial charge on any atom is 0.341 e. The average molecular weight is 340 g/mol. The van der Waals surface area contributed by atoms with Gasteiger partial charge in [-0.2, -0.15) is 0 Å². The molecular formula is C18H16N2O3S. The SMILES string of the molecule is COC(=O)c1ccoc1CSc1nc(C)cc(-c2ccccc2)n1. The topological polar surface area (TPSA) is 65.2 Å². The molecule has 0 bridgehead atoms. The number of rotatable bonds is 5. The Balaban J connectivity index is 1.80. The van der Waals surface area contributed by atoms with Gasteiger partial charge in [0.1, 0.15) is 11.3 Å². The predicted molar refractivity (Wildman–Crippen MR) is 91.8 cm³/mol. The van der Waals surface area contributed by atoms with Crippen molar-refractivity contribution < 1.29 is 13.9 Å². The zero-order valence-corrected chi connectivity index (χ0v) is 14.2. The molecule has 122 valence electrons. The zero-order valence-electron chi connectivity index (χ0n) is 13.4. The predicted octanol–water partition coefficient (Wildman–Crippen LogP) is 4.12. The largest absolute Gasteiger partial charge is 0.468 e. The molecule has 0 radical (unpaired) electrons. The van der Waals surface area contributed by atoms with Crippen LogP contribution in [0.1, 0.15) is 21.8 Å². The number of furan rings is 1. The van der Waals surface area contributed by atoms with Crippen molar-refractivity contribution >= 4 is 17.7 Å². The van der Waals surface area contributed by atoms with Gasteiger partial charge in [0.05, 0.1) is 24.8 Å². The van der Waals surface area contributed by atoms with Gasteiger partial charge in [0, 0.05) is 11.3 Å². The lowest BCUT2D eigenvalue weighted by atomic mass is 10.1. The number of hydrogen-bond donors (Lipinski definition) is 0. The van der Waals surface area contributed by atoms with Crippen molar-refractivity contribution in [3.8, 4) is 11.3 Å². The van der Waals surface area contributed by atoms with Crippen molar-refractivity contribution in [1.82, 2.24) is 9.97 Å². The Morgan fingerprint density at radius 1 is 1.21 bits per heavy atom. The number of thioether (sulfide) groups is 1. The van der Waals surface area contributed by atoms with E-state index in [9.17, 15) is 4.79 Å². The minimum atomic E-state index is -0.408. The van der Waals surface area contributed by atoms with E-state index in [0.29, 0.717) is 22.2 Å². The molecule has 0 fully saturated rings. The first kappa shape index (κ1) is 16.3. The molecule has 24 heavy (non-hydrogen) atoms. The molecule has 2 aromatic heterocycles. The molecule has 3 aromatic rings. The summed E-state index contributed by atoms with van der Waals surface area (Å²) < 4.78 is 10.1. The molecule has 2 heterocycles. The maximum atomic E-state index is 11.7. The lowest BCUT2D eigenvalue weighted by Gasteiger charge is -2.06. The Morgan fingerprint density at radius 3 is 2.75 bits per heavy atom. The first-order chi connectivity index (χ1) is 11.7. The summed E-state index contributed by atoms with van der Waals surface area (Å²) in [6, 6.07) is 13.5. The fourth-order valence-corrected chi connectivity index (χ4v) is 3.09. The molecule has 0 spiro atoms. The number of carbonyl (C=O) groups is 1. The van der Waals surface area contributed by atoms with Crippen LogP contribution in [-0.2, 0) is 10.5 Å². The molecule has 0 aliphatic rings. The van der Waals surface area contributed by atoms with Gasteiger partial charge in [0.2, 0.25) is 0 Å². The highest BCUT2D eigenvalue weighted by molar-refractivity contribution is 7.98. The third-order valence-electron chi connectivity index (χ3n) is 3.39. The van der Waals surface area contributed by atoms with Gasteiger partial charge in [0.15, 0.2) is 5.16 Å². The third-order valence-corrected chi connectivity index (χ3v) is 4.23. The van der Waals surface area contributed by atoms with Gasteiger partial charge >= 0.3 is 5.97 Å². The monoisotopic (exact) mass is 340 g/mol. The van der Waals surface area contributed by atoms with Crippen LogP contribution in [0, 0.1) is 6.92 Å². The molecule has 0 atom stereocenters. The Labute approximate surface area is 144 Å². The van der Waals surface area contributed by atoms with E-state index in [-0.39, 0.29) is 0 Å². The minimum Gasteiger partial charge on any atom is -0.468 e. The molecular weight excluding hydrogens is 324 g/mol. The Kier molecular flexibility index (Phi) is 4.96. The van der Waals surface area contributed by atoms with E-state index >= 15 is 0 Å². The summed E-state index contributed by atoms with van der Waals surface area (Å²) >= 11 is 1.42. The molecule has 0 amide bonds. The summed E-state index contributed by atoms with van der Waals surface area (Å²) in [5, 5.41) is 0.640. The molecule has 0 N–H and O–H groups in total. The Morgan fingerprint density at radius 2 is 2.00 bits per heavy atom. The van der Waals surface area contributed by atoms with Crippen LogP contribution in [0.2, 0.25) is 0 Å². The summed E-state index contributed by atoms with van der Waals surface area (Å²) in [5.41, 5.74) is 3.23. The van der Waals surface area contributed by atoms with Gasteiger partial charge in [-0.25, -0.2) is 14.8 Å². The van der Waals surface area contributed by atoms with E-state index in [1.807, 2.05) is 43.3 Å². The Hall–Kier alpha value is -2.60. The van der Waals surface area contributed by atoms with Crippen molar-refractivity contribution in [2.45, 2.75) is 17.8 Å². The van der Waals surface area contributed by atoms with Gasteiger partial charge in [-0.15, -0.1) is 0 Å². The van der Waals surface area contributed by atoms with E-state index < -0.39 is 5.97 Å².